The lowest BCUT2D eigenvalue weighted by Crippen LogP contribution is -2.30. The van der Waals surface area contributed by atoms with Gasteiger partial charge in [-0.3, -0.25) is 4.79 Å². The molecule has 5 nitrogen and oxygen atoms in total. The van der Waals surface area contributed by atoms with Crippen LogP contribution in [0.3, 0.4) is 0 Å². The van der Waals surface area contributed by atoms with Crippen molar-refractivity contribution >= 4 is 17.0 Å². The fourth-order valence-corrected chi connectivity index (χ4v) is 4.31. The van der Waals surface area contributed by atoms with Crippen LogP contribution in [0, 0.1) is 0 Å². The summed E-state index contributed by atoms with van der Waals surface area (Å²) >= 11 is 0. The minimum Gasteiger partial charge on any atom is -0.497 e. The van der Waals surface area contributed by atoms with Crippen molar-refractivity contribution in [3.63, 3.8) is 0 Å². The van der Waals surface area contributed by atoms with Crippen molar-refractivity contribution in [2.75, 3.05) is 13.7 Å². The number of rotatable bonds is 4. The summed E-state index contributed by atoms with van der Waals surface area (Å²) in [6.07, 6.45) is -2.82. The van der Waals surface area contributed by atoms with Gasteiger partial charge in [-0.2, -0.15) is 13.2 Å². The van der Waals surface area contributed by atoms with Crippen molar-refractivity contribution in [2.45, 2.75) is 25.1 Å². The first-order chi connectivity index (χ1) is 16.3. The van der Waals surface area contributed by atoms with Crippen molar-refractivity contribution < 1.29 is 27.1 Å². The molecular formula is C26H21F3N2O3. The number of oxazole rings is 1. The molecule has 0 bridgehead atoms. The number of hydrogen-bond donors (Lipinski definition) is 0. The Bertz CT molecular complexity index is 1350. The van der Waals surface area contributed by atoms with Crippen LogP contribution in [0.25, 0.3) is 22.2 Å². The molecule has 1 aromatic heterocycles. The third-order valence-corrected chi connectivity index (χ3v) is 6.07. The molecule has 1 saturated heterocycles. The summed E-state index contributed by atoms with van der Waals surface area (Å²) in [5.74, 6) is 0.946. The Morgan fingerprint density at radius 1 is 1.06 bits per heavy atom. The number of methoxy groups -OCH3 is 1. The van der Waals surface area contributed by atoms with E-state index in [9.17, 15) is 18.0 Å². The fraction of sp³-hybridized carbons (Fsp3) is 0.231. The molecule has 3 aromatic carbocycles. The van der Waals surface area contributed by atoms with Gasteiger partial charge >= 0.3 is 6.18 Å². The number of aromatic nitrogens is 1. The number of halogens is 3. The van der Waals surface area contributed by atoms with Gasteiger partial charge in [0, 0.05) is 12.1 Å². The van der Waals surface area contributed by atoms with E-state index in [-0.39, 0.29) is 11.9 Å². The first kappa shape index (κ1) is 22.0. The van der Waals surface area contributed by atoms with Crippen LogP contribution in [0.1, 0.15) is 40.7 Å². The normalized spacial score (nSPS) is 16.2. The summed E-state index contributed by atoms with van der Waals surface area (Å²) in [5.41, 5.74) is 2.38. The van der Waals surface area contributed by atoms with Crippen LogP contribution < -0.4 is 4.74 Å². The zero-order valence-electron chi connectivity index (χ0n) is 18.3. The second-order valence-electron chi connectivity index (χ2n) is 8.20. The SMILES string of the molecule is COc1cccc(C(=O)N2CCCC2c2nc3cc(-c4ccc(C(F)(F)F)cc4)ccc3o2)c1. The predicted octanol–water partition coefficient (Wildman–Crippen LogP) is 6.50. The highest BCUT2D eigenvalue weighted by molar-refractivity contribution is 5.95. The number of nitrogens with zero attached hydrogens (tertiary/aromatic N) is 2. The lowest BCUT2D eigenvalue weighted by Gasteiger charge is -2.22. The second-order valence-corrected chi connectivity index (χ2v) is 8.20. The van der Waals surface area contributed by atoms with Gasteiger partial charge in [0.1, 0.15) is 17.3 Å². The van der Waals surface area contributed by atoms with E-state index in [1.165, 1.54) is 12.1 Å². The Balaban J connectivity index is 1.42. The van der Waals surface area contributed by atoms with Crippen molar-refractivity contribution in [1.29, 1.82) is 0 Å². The third kappa shape index (κ3) is 4.11. The highest BCUT2D eigenvalue weighted by atomic mass is 19.4. The molecule has 174 valence electrons. The Kier molecular flexibility index (Phi) is 5.51. The van der Waals surface area contributed by atoms with E-state index >= 15 is 0 Å². The molecular weight excluding hydrogens is 445 g/mol. The van der Waals surface area contributed by atoms with Gasteiger partial charge < -0.3 is 14.1 Å². The van der Waals surface area contributed by atoms with Crippen LogP contribution in [0.4, 0.5) is 13.2 Å². The van der Waals surface area contributed by atoms with Crippen molar-refractivity contribution in [1.82, 2.24) is 9.88 Å². The van der Waals surface area contributed by atoms with Gasteiger partial charge in [0.2, 0.25) is 5.89 Å². The average molecular weight is 466 g/mol. The molecule has 34 heavy (non-hydrogen) atoms. The lowest BCUT2D eigenvalue weighted by molar-refractivity contribution is -0.137. The zero-order chi connectivity index (χ0) is 23.9. The van der Waals surface area contributed by atoms with Gasteiger partial charge in [0.15, 0.2) is 5.58 Å². The summed E-state index contributed by atoms with van der Waals surface area (Å²) < 4.78 is 49.8. The van der Waals surface area contributed by atoms with E-state index in [1.807, 2.05) is 0 Å². The number of carbonyl (C=O) groups is 1. The minimum atomic E-state index is -4.38. The summed E-state index contributed by atoms with van der Waals surface area (Å²) in [5, 5.41) is 0. The number of fused-ring (bicyclic) bond motifs is 1. The van der Waals surface area contributed by atoms with Crippen molar-refractivity contribution in [2.24, 2.45) is 0 Å². The van der Waals surface area contributed by atoms with E-state index in [2.05, 4.69) is 4.98 Å². The molecule has 0 radical (unpaired) electrons. The molecule has 4 aromatic rings. The van der Waals surface area contributed by atoms with Crippen LogP contribution >= 0.6 is 0 Å². The number of likely N-dealkylation sites (tertiary alicyclic amines) is 1. The molecule has 0 spiro atoms. The first-order valence-electron chi connectivity index (χ1n) is 10.9. The predicted molar refractivity (Wildman–Crippen MR) is 120 cm³/mol. The Hall–Kier alpha value is -3.81. The summed E-state index contributed by atoms with van der Waals surface area (Å²) in [6, 6.07) is 17.1. The van der Waals surface area contributed by atoms with Crippen LogP contribution in [0.2, 0.25) is 0 Å². The fourth-order valence-electron chi connectivity index (χ4n) is 4.31. The maximum absolute atomic E-state index is 13.2. The van der Waals surface area contributed by atoms with Gasteiger partial charge in [0.25, 0.3) is 5.91 Å². The van der Waals surface area contributed by atoms with Crippen LogP contribution in [0.15, 0.2) is 71.1 Å². The molecule has 0 N–H and O–H groups in total. The Morgan fingerprint density at radius 3 is 2.56 bits per heavy atom. The molecule has 0 saturated carbocycles. The molecule has 8 heteroatoms. The van der Waals surface area contributed by atoms with Gasteiger partial charge in [0.05, 0.1) is 12.7 Å². The monoisotopic (exact) mass is 466 g/mol. The van der Waals surface area contributed by atoms with Gasteiger partial charge in [-0.25, -0.2) is 4.98 Å². The number of carbonyl (C=O) groups excluding carboxylic acids is 1. The molecule has 1 aliphatic heterocycles. The number of ether oxygens (including phenoxy) is 1. The molecule has 2 heterocycles. The van der Waals surface area contributed by atoms with Crippen LogP contribution in [-0.4, -0.2) is 29.4 Å². The van der Waals surface area contributed by atoms with E-state index in [0.29, 0.717) is 40.4 Å². The van der Waals surface area contributed by atoms with E-state index in [1.54, 1.807) is 54.5 Å². The molecule has 0 aliphatic carbocycles. The van der Waals surface area contributed by atoms with Gasteiger partial charge in [-0.1, -0.05) is 24.3 Å². The summed E-state index contributed by atoms with van der Waals surface area (Å²) in [4.78, 5) is 19.6. The van der Waals surface area contributed by atoms with E-state index in [4.69, 9.17) is 9.15 Å². The lowest BCUT2D eigenvalue weighted by atomic mass is 10.0. The smallest absolute Gasteiger partial charge is 0.416 e. The van der Waals surface area contributed by atoms with Gasteiger partial charge in [-0.15, -0.1) is 0 Å². The standard InChI is InChI=1S/C26H21F3N2O3/c1-33-20-5-2-4-18(14-20)25(32)31-13-3-6-22(31)24-30-21-15-17(9-12-23(21)34-24)16-7-10-19(11-8-16)26(27,28)29/h2,4-5,7-12,14-15,22H,3,6,13H2,1H3. The molecule has 1 fully saturated rings. The highest BCUT2D eigenvalue weighted by Crippen LogP contribution is 2.36. The van der Waals surface area contributed by atoms with Gasteiger partial charge in [-0.05, 0) is 66.4 Å². The second kappa shape index (κ2) is 8.52. The van der Waals surface area contributed by atoms with Crippen molar-refractivity contribution in [3.8, 4) is 16.9 Å². The first-order valence-corrected chi connectivity index (χ1v) is 10.9. The Morgan fingerprint density at radius 2 is 1.82 bits per heavy atom. The third-order valence-electron chi connectivity index (χ3n) is 6.07. The molecule has 1 atom stereocenters. The zero-order valence-corrected chi connectivity index (χ0v) is 18.3. The summed E-state index contributed by atoms with van der Waals surface area (Å²) in [7, 11) is 1.56. The maximum Gasteiger partial charge on any atom is 0.416 e. The minimum absolute atomic E-state index is 0.117. The largest absolute Gasteiger partial charge is 0.497 e. The number of alkyl halides is 3. The number of hydrogen-bond acceptors (Lipinski definition) is 4. The Labute approximate surface area is 193 Å². The van der Waals surface area contributed by atoms with Crippen LogP contribution in [-0.2, 0) is 6.18 Å². The van der Waals surface area contributed by atoms with E-state index < -0.39 is 11.7 Å². The number of benzene rings is 3. The van der Waals surface area contributed by atoms with Crippen LogP contribution in [0.5, 0.6) is 5.75 Å². The summed E-state index contributed by atoms with van der Waals surface area (Å²) in [6.45, 7) is 0.593. The molecule has 1 amide bonds. The average Bonchev–Trinajstić information content (AvgIpc) is 3.49. The quantitative estimate of drug-likeness (QED) is 0.345. The molecule has 1 aliphatic rings. The molecule has 5 rings (SSSR count). The topological polar surface area (TPSA) is 55.6 Å². The maximum atomic E-state index is 13.2. The molecule has 1 unspecified atom stereocenters. The van der Waals surface area contributed by atoms with E-state index in [0.717, 1.165) is 30.5 Å². The highest BCUT2D eigenvalue weighted by Gasteiger charge is 2.34. The number of amides is 1. The van der Waals surface area contributed by atoms with Crippen molar-refractivity contribution in [3.05, 3.63) is 83.7 Å².